The molecule has 2 aromatic rings. The maximum atomic E-state index is 4.28. The molecule has 4 nitrogen and oxygen atoms in total. The molecular formula is C15H20N4. The van der Waals surface area contributed by atoms with Crippen LogP contribution >= 0.6 is 0 Å². The van der Waals surface area contributed by atoms with Crippen LogP contribution in [0.25, 0.3) is 5.69 Å². The average Bonchev–Trinajstić information content (AvgIpc) is 2.97. The second-order valence-electron chi connectivity index (χ2n) is 5.17. The van der Waals surface area contributed by atoms with Gasteiger partial charge in [0.25, 0.3) is 0 Å². The molecule has 1 fully saturated rings. The molecule has 1 aromatic carbocycles. The first kappa shape index (κ1) is 12.4. The van der Waals surface area contributed by atoms with Gasteiger partial charge in [0, 0.05) is 5.92 Å². The predicted molar refractivity (Wildman–Crippen MR) is 75.4 cm³/mol. The smallest absolute Gasteiger partial charge is 0.0732 e. The SMILES string of the molecule is CCC1CNCCC1c1cnnn1-c1ccccc1. The number of nitrogens with one attached hydrogen (secondary N) is 1. The van der Waals surface area contributed by atoms with E-state index in [1.165, 1.54) is 18.5 Å². The van der Waals surface area contributed by atoms with Gasteiger partial charge in [0.15, 0.2) is 0 Å². The second kappa shape index (κ2) is 5.53. The first-order valence-electron chi connectivity index (χ1n) is 7.07. The van der Waals surface area contributed by atoms with Gasteiger partial charge < -0.3 is 5.32 Å². The summed E-state index contributed by atoms with van der Waals surface area (Å²) in [6.45, 7) is 4.45. The minimum atomic E-state index is 0.557. The summed E-state index contributed by atoms with van der Waals surface area (Å²) in [4.78, 5) is 0. The largest absolute Gasteiger partial charge is 0.316 e. The Morgan fingerprint density at radius 1 is 1.32 bits per heavy atom. The topological polar surface area (TPSA) is 42.7 Å². The molecular weight excluding hydrogens is 236 g/mol. The molecule has 0 radical (unpaired) electrons. The van der Waals surface area contributed by atoms with Crippen LogP contribution in [0.2, 0.25) is 0 Å². The van der Waals surface area contributed by atoms with Crippen molar-refractivity contribution in [1.29, 1.82) is 0 Å². The minimum Gasteiger partial charge on any atom is -0.316 e. The predicted octanol–water partition coefficient (Wildman–Crippen LogP) is 2.37. The number of hydrogen-bond acceptors (Lipinski definition) is 3. The normalized spacial score (nSPS) is 23.4. The Balaban J connectivity index is 1.95. The van der Waals surface area contributed by atoms with E-state index in [9.17, 15) is 0 Å². The first-order valence-corrected chi connectivity index (χ1v) is 7.07. The Morgan fingerprint density at radius 2 is 2.16 bits per heavy atom. The summed E-state index contributed by atoms with van der Waals surface area (Å²) in [5.41, 5.74) is 2.35. The highest BCUT2D eigenvalue weighted by molar-refractivity contribution is 5.32. The molecule has 4 heteroatoms. The maximum absolute atomic E-state index is 4.28. The highest BCUT2D eigenvalue weighted by Crippen LogP contribution is 2.32. The zero-order valence-electron chi connectivity index (χ0n) is 11.3. The van der Waals surface area contributed by atoms with E-state index in [-0.39, 0.29) is 0 Å². The summed E-state index contributed by atoms with van der Waals surface area (Å²) >= 11 is 0. The Bertz CT molecular complexity index is 520. The van der Waals surface area contributed by atoms with E-state index in [1.54, 1.807) is 0 Å². The lowest BCUT2D eigenvalue weighted by Crippen LogP contribution is -2.35. The van der Waals surface area contributed by atoms with Gasteiger partial charge in [-0.3, -0.25) is 0 Å². The lowest BCUT2D eigenvalue weighted by atomic mass is 9.82. The molecule has 0 amide bonds. The summed E-state index contributed by atoms with van der Waals surface area (Å²) in [7, 11) is 0. The van der Waals surface area contributed by atoms with Crippen LogP contribution in [0.15, 0.2) is 36.5 Å². The summed E-state index contributed by atoms with van der Waals surface area (Å²) in [5.74, 6) is 1.23. The van der Waals surface area contributed by atoms with Crippen molar-refractivity contribution in [3.63, 3.8) is 0 Å². The van der Waals surface area contributed by atoms with E-state index < -0.39 is 0 Å². The van der Waals surface area contributed by atoms with Gasteiger partial charge in [0.05, 0.1) is 17.6 Å². The van der Waals surface area contributed by atoms with Gasteiger partial charge in [-0.25, -0.2) is 4.68 Å². The average molecular weight is 256 g/mol. The minimum absolute atomic E-state index is 0.557. The van der Waals surface area contributed by atoms with E-state index in [0.29, 0.717) is 11.8 Å². The van der Waals surface area contributed by atoms with Crippen LogP contribution in [0.5, 0.6) is 0 Å². The number of nitrogens with zero attached hydrogens (tertiary/aromatic N) is 3. The third-order valence-electron chi connectivity index (χ3n) is 4.09. The van der Waals surface area contributed by atoms with Gasteiger partial charge in [-0.15, -0.1) is 5.10 Å². The molecule has 1 N–H and O–H groups in total. The molecule has 1 saturated heterocycles. The number of aromatic nitrogens is 3. The fraction of sp³-hybridized carbons (Fsp3) is 0.467. The fourth-order valence-electron chi connectivity index (χ4n) is 3.01. The van der Waals surface area contributed by atoms with E-state index in [0.717, 1.165) is 18.8 Å². The highest BCUT2D eigenvalue weighted by atomic mass is 15.4. The molecule has 0 saturated carbocycles. The monoisotopic (exact) mass is 256 g/mol. The van der Waals surface area contributed by atoms with Crippen LogP contribution in [-0.4, -0.2) is 28.1 Å². The van der Waals surface area contributed by atoms with Crippen molar-refractivity contribution in [3.05, 3.63) is 42.2 Å². The highest BCUT2D eigenvalue weighted by Gasteiger charge is 2.28. The lowest BCUT2D eigenvalue weighted by Gasteiger charge is -2.31. The molecule has 2 atom stereocenters. The van der Waals surface area contributed by atoms with Crippen molar-refractivity contribution in [2.24, 2.45) is 5.92 Å². The molecule has 1 aromatic heterocycles. The zero-order chi connectivity index (χ0) is 13.1. The van der Waals surface area contributed by atoms with Gasteiger partial charge in [0.1, 0.15) is 0 Å². The molecule has 0 spiro atoms. The Labute approximate surface area is 113 Å². The molecule has 1 aliphatic heterocycles. The van der Waals surface area contributed by atoms with Crippen molar-refractivity contribution >= 4 is 0 Å². The van der Waals surface area contributed by atoms with Gasteiger partial charge in [-0.2, -0.15) is 0 Å². The second-order valence-corrected chi connectivity index (χ2v) is 5.17. The molecule has 2 unspecified atom stereocenters. The van der Waals surface area contributed by atoms with Crippen LogP contribution in [0.4, 0.5) is 0 Å². The van der Waals surface area contributed by atoms with Gasteiger partial charge in [0.2, 0.25) is 0 Å². The third kappa shape index (κ3) is 2.40. The maximum Gasteiger partial charge on any atom is 0.0732 e. The van der Waals surface area contributed by atoms with E-state index in [4.69, 9.17) is 0 Å². The number of rotatable bonds is 3. The van der Waals surface area contributed by atoms with Crippen LogP contribution in [0.1, 0.15) is 31.4 Å². The van der Waals surface area contributed by atoms with Crippen molar-refractivity contribution in [2.75, 3.05) is 13.1 Å². The summed E-state index contributed by atoms with van der Waals surface area (Å²) in [5, 5.41) is 11.9. The molecule has 19 heavy (non-hydrogen) atoms. The van der Waals surface area contributed by atoms with Crippen LogP contribution < -0.4 is 5.32 Å². The molecule has 100 valence electrons. The van der Waals surface area contributed by atoms with Crippen molar-refractivity contribution in [3.8, 4) is 5.69 Å². The summed E-state index contributed by atoms with van der Waals surface area (Å²) in [6, 6.07) is 10.3. The fourth-order valence-corrected chi connectivity index (χ4v) is 3.01. The molecule has 2 heterocycles. The molecule has 0 bridgehead atoms. The third-order valence-corrected chi connectivity index (χ3v) is 4.09. The van der Waals surface area contributed by atoms with E-state index in [2.05, 4.69) is 34.7 Å². The first-order chi connectivity index (χ1) is 9.40. The van der Waals surface area contributed by atoms with Crippen LogP contribution in [0.3, 0.4) is 0 Å². The number of piperidine rings is 1. The van der Waals surface area contributed by atoms with Gasteiger partial charge >= 0.3 is 0 Å². The Hall–Kier alpha value is -1.68. The molecule has 3 rings (SSSR count). The molecule has 1 aliphatic rings. The van der Waals surface area contributed by atoms with Gasteiger partial charge in [-0.1, -0.05) is 36.8 Å². The van der Waals surface area contributed by atoms with E-state index >= 15 is 0 Å². The van der Waals surface area contributed by atoms with Gasteiger partial charge in [-0.05, 0) is 37.6 Å². The summed E-state index contributed by atoms with van der Waals surface area (Å²) < 4.78 is 2.00. The Kier molecular flexibility index (Phi) is 3.60. The quantitative estimate of drug-likeness (QED) is 0.916. The lowest BCUT2D eigenvalue weighted by molar-refractivity contribution is 0.309. The van der Waals surface area contributed by atoms with Crippen LogP contribution in [0, 0.1) is 5.92 Å². The Morgan fingerprint density at radius 3 is 2.95 bits per heavy atom. The van der Waals surface area contributed by atoms with Crippen molar-refractivity contribution in [1.82, 2.24) is 20.3 Å². The van der Waals surface area contributed by atoms with Crippen molar-refractivity contribution < 1.29 is 0 Å². The standard InChI is InChI=1S/C15H20N4/c1-2-12-10-16-9-8-14(12)15-11-17-18-19(15)13-6-4-3-5-7-13/h3-7,11-12,14,16H,2,8-10H2,1H3. The molecule has 0 aliphatic carbocycles. The summed E-state index contributed by atoms with van der Waals surface area (Å²) in [6.07, 6.45) is 4.29. The number of hydrogen-bond donors (Lipinski definition) is 1. The number of para-hydroxylation sites is 1. The number of benzene rings is 1. The van der Waals surface area contributed by atoms with Crippen molar-refractivity contribution in [2.45, 2.75) is 25.7 Å². The van der Waals surface area contributed by atoms with Crippen LogP contribution in [-0.2, 0) is 0 Å². The zero-order valence-corrected chi connectivity index (χ0v) is 11.3. The van der Waals surface area contributed by atoms with E-state index in [1.807, 2.05) is 29.1 Å².